The Morgan fingerprint density at radius 1 is 1.55 bits per heavy atom. The fourth-order valence-corrected chi connectivity index (χ4v) is 1.24. The van der Waals surface area contributed by atoms with Gasteiger partial charge in [-0.15, -0.1) is 0 Å². The Hall–Kier alpha value is -0.120. The molecule has 0 bridgehead atoms. The van der Waals surface area contributed by atoms with E-state index in [1.807, 2.05) is 0 Å². The zero-order chi connectivity index (χ0) is 7.94. The highest BCUT2D eigenvalue weighted by molar-refractivity contribution is 4.66. The van der Waals surface area contributed by atoms with E-state index in [1.165, 1.54) is 0 Å². The molecular weight excluding hydrogens is 140 g/mol. The van der Waals surface area contributed by atoms with Crippen LogP contribution in [-0.4, -0.2) is 38.9 Å². The van der Waals surface area contributed by atoms with Gasteiger partial charge in [-0.25, -0.2) is 0 Å². The average Bonchev–Trinajstić information content (AvgIpc) is 2.28. The largest absolute Gasteiger partial charge is 0.376 e. The minimum absolute atomic E-state index is 0.421. The first-order valence-corrected chi connectivity index (χ1v) is 4.46. The molecule has 0 aliphatic carbocycles. The molecule has 1 saturated heterocycles. The number of rotatable bonds is 3. The molecule has 0 amide bonds. The number of ether oxygens (including phenoxy) is 1. The molecule has 1 unspecified atom stereocenters. The van der Waals surface area contributed by atoms with Crippen LogP contribution in [0.25, 0.3) is 0 Å². The highest BCUT2D eigenvalue weighted by atomic mass is 16.5. The van der Waals surface area contributed by atoms with Gasteiger partial charge < -0.3 is 15.4 Å². The zero-order valence-electron chi connectivity index (χ0n) is 7.23. The van der Waals surface area contributed by atoms with E-state index in [1.54, 1.807) is 0 Å². The Bertz CT molecular complexity index is 90.1. The van der Waals surface area contributed by atoms with Crippen LogP contribution in [0.5, 0.6) is 0 Å². The van der Waals surface area contributed by atoms with Crippen molar-refractivity contribution in [1.82, 2.24) is 10.6 Å². The van der Waals surface area contributed by atoms with Crippen LogP contribution in [0.2, 0.25) is 0 Å². The van der Waals surface area contributed by atoms with Crippen molar-refractivity contribution in [3.63, 3.8) is 0 Å². The number of hydrogen-bond donors (Lipinski definition) is 2. The topological polar surface area (TPSA) is 33.3 Å². The summed E-state index contributed by atoms with van der Waals surface area (Å²) in [6.07, 6.45) is 1.55. The minimum atomic E-state index is 0.421. The van der Waals surface area contributed by atoms with Gasteiger partial charge in [-0.05, 0) is 19.5 Å². The maximum absolute atomic E-state index is 5.58. The van der Waals surface area contributed by atoms with Gasteiger partial charge in [0, 0.05) is 13.1 Å². The summed E-state index contributed by atoms with van der Waals surface area (Å²) in [6.45, 7) is 7.11. The van der Waals surface area contributed by atoms with Gasteiger partial charge in [-0.1, -0.05) is 6.92 Å². The Kier molecular flexibility index (Phi) is 4.50. The molecule has 11 heavy (non-hydrogen) atoms. The van der Waals surface area contributed by atoms with Crippen LogP contribution in [0.4, 0.5) is 0 Å². The van der Waals surface area contributed by atoms with Gasteiger partial charge in [0.25, 0.3) is 0 Å². The van der Waals surface area contributed by atoms with Gasteiger partial charge in [0.2, 0.25) is 0 Å². The van der Waals surface area contributed by atoms with E-state index in [0.29, 0.717) is 6.10 Å². The van der Waals surface area contributed by atoms with Crippen molar-refractivity contribution in [2.24, 2.45) is 0 Å². The third-order valence-electron chi connectivity index (χ3n) is 1.90. The minimum Gasteiger partial charge on any atom is -0.376 e. The van der Waals surface area contributed by atoms with Crippen LogP contribution >= 0.6 is 0 Å². The predicted octanol–water partition coefficient (Wildman–Crippen LogP) is -0.0256. The molecule has 1 aliphatic rings. The summed E-state index contributed by atoms with van der Waals surface area (Å²) in [6, 6.07) is 0. The normalized spacial score (nSPS) is 26.5. The van der Waals surface area contributed by atoms with Gasteiger partial charge in [-0.2, -0.15) is 0 Å². The molecule has 0 aromatic rings. The molecule has 1 aliphatic heterocycles. The van der Waals surface area contributed by atoms with Crippen LogP contribution in [0.15, 0.2) is 0 Å². The molecule has 1 fully saturated rings. The summed E-state index contributed by atoms with van der Waals surface area (Å²) in [5, 5.41) is 6.59. The third kappa shape index (κ3) is 3.70. The summed E-state index contributed by atoms with van der Waals surface area (Å²) in [5.41, 5.74) is 0. The molecule has 0 radical (unpaired) electrons. The second-order valence-electron chi connectivity index (χ2n) is 2.84. The standard InChI is InChI=1S/C8H18N2O/c1-2-9-7-8-3-4-10-5-6-11-8/h8-10H,2-7H2,1H3. The number of likely N-dealkylation sites (N-methyl/N-ethyl adjacent to an activating group) is 1. The van der Waals surface area contributed by atoms with Gasteiger partial charge in [0.05, 0.1) is 12.7 Å². The maximum atomic E-state index is 5.58. The van der Waals surface area contributed by atoms with Crippen LogP contribution in [0.3, 0.4) is 0 Å². The second-order valence-corrected chi connectivity index (χ2v) is 2.84. The summed E-state index contributed by atoms with van der Waals surface area (Å²) in [5.74, 6) is 0. The van der Waals surface area contributed by atoms with Crippen molar-refractivity contribution >= 4 is 0 Å². The van der Waals surface area contributed by atoms with Gasteiger partial charge in [0.15, 0.2) is 0 Å². The van der Waals surface area contributed by atoms with Crippen LogP contribution < -0.4 is 10.6 Å². The van der Waals surface area contributed by atoms with Crippen molar-refractivity contribution in [2.75, 3.05) is 32.8 Å². The van der Waals surface area contributed by atoms with E-state index in [4.69, 9.17) is 4.74 Å². The van der Waals surface area contributed by atoms with Crippen LogP contribution in [-0.2, 0) is 4.74 Å². The van der Waals surface area contributed by atoms with E-state index in [2.05, 4.69) is 17.6 Å². The van der Waals surface area contributed by atoms with E-state index >= 15 is 0 Å². The lowest BCUT2D eigenvalue weighted by Crippen LogP contribution is -2.29. The predicted molar refractivity (Wildman–Crippen MR) is 45.8 cm³/mol. The second kappa shape index (κ2) is 5.52. The average molecular weight is 158 g/mol. The SMILES string of the molecule is CCNCC1CCNCCO1. The number of hydrogen-bond acceptors (Lipinski definition) is 3. The van der Waals surface area contributed by atoms with Crippen LogP contribution in [0, 0.1) is 0 Å². The summed E-state index contributed by atoms with van der Waals surface area (Å²) in [4.78, 5) is 0. The lowest BCUT2D eigenvalue weighted by atomic mass is 10.2. The van der Waals surface area contributed by atoms with Crippen molar-refractivity contribution in [2.45, 2.75) is 19.4 Å². The molecule has 1 rings (SSSR count). The van der Waals surface area contributed by atoms with E-state index in [0.717, 1.165) is 39.2 Å². The first-order valence-electron chi connectivity index (χ1n) is 4.46. The molecule has 0 aromatic heterocycles. The molecular formula is C8H18N2O. The molecule has 1 heterocycles. The van der Waals surface area contributed by atoms with Gasteiger partial charge >= 0.3 is 0 Å². The maximum Gasteiger partial charge on any atom is 0.0712 e. The molecule has 0 aromatic carbocycles. The molecule has 0 saturated carbocycles. The lowest BCUT2D eigenvalue weighted by Gasteiger charge is -2.13. The summed E-state index contributed by atoms with van der Waals surface area (Å²) >= 11 is 0. The van der Waals surface area contributed by atoms with E-state index < -0.39 is 0 Å². The Labute approximate surface area is 68.5 Å². The van der Waals surface area contributed by atoms with Crippen molar-refractivity contribution in [3.05, 3.63) is 0 Å². The molecule has 2 N–H and O–H groups in total. The highest BCUT2D eigenvalue weighted by Crippen LogP contribution is 1.98. The van der Waals surface area contributed by atoms with Crippen molar-refractivity contribution in [1.29, 1.82) is 0 Å². The summed E-state index contributed by atoms with van der Waals surface area (Å²) < 4.78 is 5.58. The van der Waals surface area contributed by atoms with Gasteiger partial charge in [-0.3, -0.25) is 0 Å². The lowest BCUT2D eigenvalue weighted by molar-refractivity contribution is 0.0651. The Morgan fingerprint density at radius 3 is 3.27 bits per heavy atom. The van der Waals surface area contributed by atoms with Crippen molar-refractivity contribution < 1.29 is 4.74 Å². The van der Waals surface area contributed by atoms with Crippen LogP contribution in [0.1, 0.15) is 13.3 Å². The molecule has 66 valence electrons. The first kappa shape index (κ1) is 8.97. The van der Waals surface area contributed by atoms with E-state index in [-0.39, 0.29) is 0 Å². The molecule has 1 atom stereocenters. The molecule has 0 spiro atoms. The highest BCUT2D eigenvalue weighted by Gasteiger charge is 2.10. The Morgan fingerprint density at radius 2 is 2.45 bits per heavy atom. The van der Waals surface area contributed by atoms with E-state index in [9.17, 15) is 0 Å². The smallest absolute Gasteiger partial charge is 0.0712 e. The molecule has 3 nitrogen and oxygen atoms in total. The zero-order valence-corrected chi connectivity index (χ0v) is 7.23. The fourth-order valence-electron chi connectivity index (χ4n) is 1.24. The monoisotopic (exact) mass is 158 g/mol. The summed E-state index contributed by atoms with van der Waals surface area (Å²) in [7, 11) is 0. The number of nitrogens with one attached hydrogen (secondary N) is 2. The van der Waals surface area contributed by atoms with Crippen molar-refractivity contribution in [3.8, 4) is 0 Å². The Balaban J connectivity index is 2.09. The fraction of sp³-hybridized carbons (Fsp3) is 1.00. The van der Waals surface area contributed by atoms with Gasteiger partial charge in [0.1, 0.15) is 0 Å². The first-order chi connectivity index (χ1) is 5.43. The molecule has 3 heteroatoms. The quantitative estimate of drug-likeness (QED) is 0.605. The third-order valence-corrected chi connectivity index (χ3v) is 1.90.